The third kappa shape index (κ3) is 7.44. The lowest BCUT2D eigenvalue weighted by molar-refractivity contribution is -0.146. The molecule has 0 aromatic rings. The van der Waals surface area contributed by atoms with E-state index < -0.39 is 57.2 Å². The van der Waals surface area contributed by atoms with E-state index in [0.717, 1.165) is 19.3 Å². The van der Waals surface area contributed by atoms with E-state index in [1.165, 1.54) is 11.9 Å². The van der Waals surface area contributed by atoms with Crippen LogP contribution in [0.4, 0.5) is 4.79 Å². The number of allylic oxidation sites excluding steroid dienone is 1. The van der Waals surface area contributed by atoms with Crippen molar-refractivity contribution in [3.63, 3.8) is 0 Å². The Kier molecular flexibility index (Phi) is 8.89. The Morgan fingerprint density at radius 3 is 2.54 bits per heavy atom. The van der Waals surface area contributed by atoms with Gasteiger partial charge in [0.25, 0.3) is 11.8 Å². The number of hydrogen-bond donors (Lipinski definition) is 4. The zero-order chi connectivity index (χ0) is 27.4. The lowest BCUT2D eigenvalue weighted by Crippen LogP contribution is -2.58. The second-order valence-electron chi connectivity index (χ2n) is 10.9. The van der Waals surface area contributed by atoms with Crippen molar-refractivity contribution in [3.8, 4) is 0 Å². The van der Waals surface area contributed by atoms with Crippen LogP contribution in [0, 0.1) is 5.92 Å². The number of alkyl carbamates (subject to hydrolysis) is 1. The molecule has 2 fully saturated rings. The molecule has 2 heterocycles. The van der Waals surface area contributed by atoms with Crippen molar-refractivity contribution in [3.05, 3.63) is 12.2 Å². The Morgan fingerprint density at radius 2 is 1.86 bits per heavy atom. The van der Waals surface area contributed by atoms with Crippen LogP contribution < -0.4 is 20.1 Å². The van der Waals surface area contributed by atoms with Gasteiger partial charge in [0.05, 0.1) is 0 Å². The molecule has 0 bridgehead atoms. The topological polar surface area (TPSA) is 163 Å². The van der Waals surface area contributed by atoms with E-state index >= 15 is 0 Å². The number of amides is 4. The van der Waals surface area contributed by atoms with Gasteiger partial charge >= 0.3 is 16.3 Å². The highest BCUT2D eigenvalue weighted by atomic mass is 32.2. The number of nitrogens with zero attached hydrogens (tertiary/aromatic N) is 1. The molecule has 0 aromatic carbocycles. The van der Waals surface area contributed by atoms with Crippen molar-refractivity contribution in [1.82, 2.24) is 25.0 Å². The molecular formula is C24H39N5O7S. The minimum absolute atomic E-state index is 0.250. The summed E-state index contributed by atoms with van der Waals surface area (Å²) in [6, 6.07) is -0.856. The Morgan fingerprint density at radius 1 is 1.14 bits per heavy atom. The second kappa shape index (κ2) is 11.4. The van der Waals surface area contributed by atoms with Crippen LogP contribution in [0.3, 0.4) is 0 Å². The van der Waals surface area contributed by atoms with Crippen LogP contribution in [0.1, 0.15) is 72.1 Å². The molecule has 4 amide bonds. The number of hydrogen-bond acceptors (Lipinski definition) is 7. The molecule has 208 valence electrons. The molecule has 13 heteroatoms. The minimum atomic E-state index is -4.06. The predicted molar refractivity (Wildman–Crippen MR) is 135 cm³/mol. The minimum Gasteiger partial charge on any atom is -0.436 e. The first kappa shape index (κ1) is 28.9. The van der Waals surface area contributed by atoms with Gasteiger partial charge in [0.2, 0.25) is 5.91 Å². The Balaban J connectivity index is 1.84. The molecule has 2 aliphatic heterocycles. The molecule has 4 N–H and O–H groups in total. The number of fused-ring (bicyclic) bond motifs is 2. The Hall–Kier alpha value is -2.67. The number of carbonyl (C=O) groups is 4. The van der Waals surface area contributed by atoms with Crippen LogP contribution in [0.2, 0.25) is 0 Å². The van der Waals surface area contributed by atoms with Crippen molar-refractivity contribution >= 4 is 34.0 Å². The second-order valence-corrected chi connectivity index (χ2v) is 12.6. The molecule has 0 aromatic heterocycles. The molecule has 0 radical (unpaired) electrons. The van der Waals surface area contributed by atoms with Gasteiger partial charge in [-0.15, -0.1) is 0 Å². The van der Waals surface area contributed by atoms with Crippen LogP contribution in [0.25, 0.3) is 0 Å². The highest BCUT2D eigenvalue weighted by Crippen LogP contribution is 2.45. The summed E-state index contributed by atoms with van der Waals surface area (Å²) < 4.78 is 33.5. The molecule has 1 saturated heterocycles. The third-order valence-corrected chi connectivity index (χ3v) is 7.80. The molecule has 12 nitrogen and oxygen atoms in total. The van der Waals surface area contributed by atoms with Gasteiger partial charge in [-0.3, -0.25) is 14.4 Å². The normalized spacial score (nSPS) is 29.2. The predicted octanol–water partition coefficient (Wildman–Crippen LogP) is 0.846. The molecule has 0 spiro atoms. The maximum atomic E-state index is 13.5. The van der Waals surface area contributed by atoms with Gasteiger partial charge in [0.15, 0.2) is 6.10 Å². The molecule has 37 heavy (non-hydrogen) atoms. The molecule has 4 atom stereocenters. The summed E-state index contributed by atoms with van der Waals surface area (Å²) in [6.45, 7) is 5.73. The average Bonchev–Trinajstić information content (AvgIpc) is 3.25. The van der Waals surface area contributed by atoms with E-state index in [9.17, 15) is 27.6 Å². The summed E-state index contributed by atoms with van der Waals surface area (Å²) in [7, 11) is -2.89. The summed E-state index contributed by atoms with van der Waals surface area (Å²) in [5, 5.41) is 5.46. The third-order valence-electron chi connectivity index (χ3n) is 6.81. The van der Waals surface area contributed by atoms with E-state index in [1.54, 1.807) is 20.8 Å². The fourth-order valence-corrected chi connectivity index (χ4v) is 5.29. The van der Waals surface area contributed by atoms with Crippen molar-refractivity contribution in [2.75, 3.05) is 13.6 Å². The average molecular weight is 542 g/mol. The summed E-state index contributed by atoms with van der Waals surface area (Å²) in [4.78, 5) is 53.8. The van der Waals surface area contributed by atoms with Crippen LogP contribution in [-0.2, 0) is 29.3 Å². The van der Waals surface area contributed by atoms with Gasteiger partial charge < -0.3 is 20.3 Å². The molecule has 0 unspecified atom stereocenters. The van der Waals surface area contributed by atoms with E-state index in [4.69, 9.17) is 4.74 Å². The number of nitrogens with one attached hydrogen (secondary N) is 4. The van der Waals surface area contributed by atoms with Crippen molar-refractivity contribution in [2.24, 2.45) is 5.92 Å². The van der Waals surface area contributed by atoms with Gasteiger partial charge in [-0.05, 0) is 65.7 Å². The van der Waals surface area contributed by atoms with Gasteiger partial charge in [-0.1, -0.05) is 18.6 Å². The molecule has 1 aliphatic carbocycles. The molecule has 1 saturated carbocycles. The molecule has 3 rings (SSSR count). The lowest BCUT2D eigenvalue weighted by atomic mass is 10.1. The zero-order valence-electron chi connectivity index (χ0n) is 22.0. The highest BCUT2D eigenvalue weighted by Gasteiger charge is 2.61. The molecule has 3 aliphatic rings. The van der Waals surface area contributed by atoms with Crippen LogP contribution >= 0.6 is 0 Å². The fourth-order valence-electron chi connectivity index (χ4n) is 4.76. The summed E-state index contributed by atoms with van der Waals surface area (Å²) in [5.74, 6) is -2.17. The van der Waals surface area contributed by atoms with Gasteiger partial charge in [-0.25, -0.2) is 14.2 Å². The first-order valence-electron chi connectivity index (χ1n) is 12.8. The van der Waals surface area contributed by atoms with Gasteiger partial charge in [0, 0.05) is 25.0 Å². The van der Waals surface area contributed by atoms with Crippen molar-refractivity contribution < 1.29 is 32.3 Å². The maximum Gasteiger partial charge on any atom is 0.408 e. The number of carbonyl (C=O) groups excluding carboxylic acids is 4. The quantitative estimate of drug-likeness (QED) is 0.383. The smallest absolute Gasteiger partial charge is 0.408 e. The molecular weight excluding hydrogens is 502 g/mol. The maximum absolute atomic E-state index is 13.5. The van der Waals surface area contributed by atoms with Crippen LogP contribution in [0.15, 0.2) is 12.2 Å². The van der Waals surface area contributed by atoms with Crippen LogP contribution in [0.5, 0.6) is 0 Å². The summed E-state index contributed by atoms with van der Waals surface area (Å²) in [5.41, 5.74) is -1.96. The SMILES string of the molecule is CNS(=O)(=O)NC(=O)[C@@]12C[C@H]1C=CCCCCC[C@H](OC(=O)NC(C)(C)C)C(=O)N1CCC[C@H]1C(=O)N2. The van der Waals surface area contributed by atoms with E-state index in [1.807, 2.05) is 21.6 Å². The Bertz CT molecular complexity index is 1040. The largest absolute Gasteiger partial charge is 0.436 e. The number of ether oxygens (including phenoxy) is 1. The zero-order valence-corrected chi connectivity index (χ0v) is 22.8. The van der Waals surface area contributed by atoms with Gasteiger partial charge in [0.1, 0.15) is 11.6 Å². The first-order chi connectivity index (χ1) is 17.3. The Labute approximate surface area is 218 Å². The monoisotopic (exact) mass is 541 g/mol. The standard InChI is InChI=1S/C24H39N5O7S/c1-23(2,3)27-22(33)36-18-13-9-7-5-6-8-11-16-15-24(16,21(32)28-37(34,35)25-4)26-19(30)17-12-10-14-29(17)20(18)31/h8,11,16-18,25H,5-7,9-10,12-15H2,1-4H3,(H,26,30)(H,27,33)(H,28,32)/t16-,17+,18+,24-/m1/s1. The summed E-state index contributed by atoms with van der Waals surface area (Å²) in [6.07, 6.45) is 6.57. The van der Waals surface area contributed by atoms with Crippen molar-refractivity contribution in [2.45, 2.75) is 95.4 Å². The van der Waals surface area contributed by atoms with Crippen LogP contribution in [-0.4, -0.2) is 73.9 Å². The van der Waals surface area contributed by atoms with Crippen molar-refractivity contribution in [1.29, 1.82) is 0 Å². The van der Waals surface area contributed by atoms with E-state index in [0.29, 0.717) is 32.2 Å². The first-order valence-corrected chi connectivity index (χ1v) is 14.3. The summed E-state index contributed by atoms with van der Waals surface area (Å²) >= 11 is 0. The van der Waals surface area contributed by atoms with Gasteiger partial charge in [-0.2, -0.15) is 8.42 Å². The number of rotatable bonds is 4. The highest BCUT2D eigenvalue weighted by molar-refractivity contribution is 7.88. The fraction of sp³-hybridized carbons (Fsp3) is 0.750. The lowest BCUT2D eigenvalue weighted by Gasteiger charge is -2.30. The van der Waals surface area contributed by atoms with E-state index in [-0.39, 0.29) is 12.3 Å². The van der Waals surface area contributed by atoms with E-state index in [2.05, 4.69) is 10.6 Å².